The predicted molar refractivity (Wildman–Crippen MR) is 69.3 cm³/mol. The van der Waals surface area contributed by atoms with Crippen LogP contribution >= 0.6 is 11.3 Å². The lowest BCUT2D eigenvalue weighted by atomic mass is 10.3. The molecular formula is C12H14N4S. The van der Waals surface area contributed by atoms with E-state index in [0.717, 1.165) is 35.3 Å². The van der Waals surface area contributed by atoms with Gasteiger partial charge in [-0.2, -0.15) is 0 Å². The zero-order chi connectivity index (χ0) is 11.7. The van der Waals surface area contributed by atoms with Crippen LogP contribution in [0.2, 0.25) is 0 Å². The number of aryl methyl sites for hydroxylation is 1. The third-order valence-corrected chi connectivity index (χ3v) is 3.90. The summed E-state index contributed by atoms with van der Waals surface area (Å²) in [7, 11) is 0. The van der Waals surface area contributed by atoms with Crippen molar-refractivity contribution in [3.8, 4) is 10.6 Å². The molecule has 1 fully saturated rings. The van der Waals surface area contributed by atoms with Crippen LogP contribution < -0.4 is 4.90 Å². The van der Waals surface area contributed by atoms with Crippen molar-refractivity contribution in [2.24, 2.45) is 0 Å². The molecule has 3 rings (SSSR count). The van der Waals surface area contributed by atoms with Crippen LogP contribution in [0.5, 0.6) is 0 Å². The van der Waals surface area contributed by atoms with E-state index in [0.29, 0.717) is 0 Å². The Kier molecular flexibility index (Phi) is 2.76. The summed E-state index contributed by atoms with van der Waals surface area (Å²) in [5.74, 6) is 0.847. The molecule has 0 bridgehead atoms. The SMILES string of the molecule is Cc1csc(-c2cnc(N3CCCC3)nc2)n1. The highest BCUT2D eigenvalue weighted by Gasteiger charge is 2.14. The molecule has 5 heteroatoms. The monoisotopic (exact) mass is 246 g/mol. The lowest BCUT2D eigenvalue weighted by Crippen LogP contribution is -2.20. The fourth-order valence-corrected chi connectivity index (χ4v) is 2.77. The molecule has 1 saturated heterocycles. The number of rotatable bonds is 2. The van der Waals surface area contributed by atoms with Gasteiger partial charge in [0.1, 0.15) is 5.01 Å². The number of hydrogen-bond donors (Lipinski definition) is 0. The highest BCUT2D eigenvalue weighted by atomic mass is 32.1. The highest BCUT2D eigenvalue weighted by Crippen LogP contribution is 2.23. The van der Waals surface area contributed by atoms with Crippen LogP contribution in [-0.2, 0) is 0 Å². The Labute approximate surface area is 104 Å². The summed E-state index contributed by atoms with van der Waals surface area (Å²) < 4.78 is 0. The first kappa shape index (κ1) is 10.7. The number of aromatic nitrogens is 3. The van der Waals surface area contributed by atoms with E-state index < -0.39 is 0 Å². The number of anilines is 1. The minimum absolute atomic E-state index is 0.847. The van der Waals surface area contributed by atoms with E-state index in [-0.39, 0.29) is 0 Å². The van der Waals surface area contributed by atoms with Gasteiger partial charge in [0, 0.05) is 42.1 Å². The minimum Gasteiger partial charge on any atom is -0.341 e. The molecule has 1 aliphatic heterocycles. The number of nitrogens with zero attached hydrogens (tertiary/aromatic N) is 4. The van der Waals surface area contributed by atoms with E-state index in [1.54, 1.807) is 11.3 Å². The second-order valence-electron chi connectivity index (χ2n) is 4.26. The zero-order valence-corrected chi connectivity index (χ0v) is 10.6. The third-order valence-electron chi connectivity index (χ3n) is 2.89. The van der Waals surface area contributed by atoms with Gasteiger partial charge in [-0.1, -0.05) is 0 Å². The fraction of sp³-hybridized carbons (Fsp3) is 0.417. The van der Waals surface area contributed by atoms with E-state index in [4.69, 9.17) is 0 Å². The molecule has 2 aromatic heterocycles. The Morgan fingerprint density at radius 1 is 1.18 bits per heavy atom. The van der Waals surface area contributed by atoms with Crippen LogP contribution in [0.3, 0.4) is 0 Å². The number of thiazole rings is 1. The van der Waals surface area contributed by atoms with E-state index >= 15 is 0 Å². The topological polar surface area (TPSA) is 41.9 Å². The first-order chi connectivity index (χ1) is 8.33. The molecule has 3 heterocycles. The Hall–Kier alpha value is -1.49. The van der Waals surface area contributed by atoms with Gasteiger partial charge in [0.15, 0.2) is 0 Å². The van der Waals surface area contributed by atoms with Gasteiger partial charge in [-0.15, -0.1) is 11.3 Å². The van der Waals surface area contributed by atoms with Crippen molar-refractivity contribution in [2.45, 2.75) is 19.8 Å². The zero-order valence-electron chi connectivity index (χ0n) is 9.76. The van der Waals surface area contributed by atoms with Crippen molar-refractivity contribution in [1.82, 2.24) is 15.0 Å². The third kappa shape index (κ3) is 2.15. The smallest absolute Gasteiger partial charge is 0.225 e. The molecule has 0 spiro atoms. The molecular weight excluding hydrogens is 232 g/mol. The van der Waals surface area contributed by atoms with Crippen LogP contribution in [0.1, 0.15) is 18.5 Å². The molecule has 0 aliphatic carbocycles. The summed E-state index contributed by atoms with van der Waals surface area (Å²) >= 11 is 1.64. The van der Waals surface area contributed by atoms with E-state index in [1.807, 2.05) is 24.7 Å². The second-order valence-corrected chi connectivity index (χ2v) is 5.12. The van der Waals surface area contributed by atoms with E-state index in [9.17, 15) is 0 Å². The summed E-state index contributed by atoms with van der Waals surface area (Å²) in [6.45, 7) is 4.16. The van der Waals surface area contributed by atoms with Crippen molar-refractivity contribution in [3.63, 3.8) is 0 Å². The normalized spacial score (nSPS) is 15.5. The van der Waals surface area contributed by atoms with Gasteiger partial charge in [-0.05, 0) is 19.8 Å². The van der Waals surface area contributed by atoms with E-state index in [2.05, 4.69) is 19.9 Å². The standard InChI is InChI=1S/C12H14N4S/c1-9-8-17-11(15-9)10-6-13-12(14-7-10)16-4-2-3-5-16/h6-8H,2-5H2,1H3. The largest absolute Gasteiger partial charge is 0.341 e. The van der Waals surface area contributed by atoms with Gasteiger partial charge in [-0.25, -0.2) is 15.0 Å². The summed E-state index contributed by atoms with van der Waals surface area (Å²) in [6, 6.07) is 0. The molecule has 0 unspecified atom stereocenters. The summed E-state index contributed by atoms with van der Waals surface area (Å²) in [5.41, 5.74) is 2.06. The summed E-state index contributed by atoms with van der Waals surface area (Å²) in [5, 5.41) is 3.04. The van der Waals surface area contributed by atoms with Gasteiger partial charge in [0.2, 0.25) is 5.95 Å². The quantitative estimate of drug-likeness (QED) is 0.816. The molecule has 17 heavy (non-hydrogen) atoms. The maximum Gasteiger partial charge on any atom is 0.225 e. The molecule has 0 amide bonds. The average Bonchev–Trinajstić information content (AvgIpc) is 3.00. The maximum absolute atomic E-state index is 4.43. The molecule has 88 valence electrons. The summed E-state index contributed by atoms with van der Waals surface area (Å²) in [6.07, 6.45) is 6.24. The van der Waals surface area contributed by atoms with Crippen LogP contribution in [0.15, 0.2) is 17.8 Å². The fourth-order valence-electron chi connectivity index (χ4n) is 2.00. The lowest BCUT2D eigenvalue weighted by Gasteiger charge is -2.14. The van der Waals surface area contributed by atoms with Crippen LogP contribution in [-0.4, -0.2) is 28.0 Å². The Balaban J connectivity index is 1.84. The molecule has 0 N–H and O–H groups in total. The highest BCUT2D eigenvalue weighted by molar-refractivity contribution is 7.13. The molecule has 1 aliphatic rings. The Morgan fingerprint density at radius 2 is 1.88 bits per heavy atom. The predicted octanol–water partition coefficient (Wildman–Crippen LogP) is 2.51. The average molecular weight is 246 g/mol. The van der Waals surface area contributed by atoms with Crippen molar-refractivity contribution in [2.75, 3.05) is 18.0 Å². The van der Waals surface area contributed by atoms with Crippen molar-refractivity contribution < 1.29 is 0 Å². The van der Waals surface area contributed by atoms with Crippen LogP contribution in [0.25, 0.3) is 10.6 Å². The number of hydrogen-bond acceptors (Lipinski definition) is 5. The van der Waals surface area contributed by atoms with Crippen molar-refractivity contribution >= 4 is 17.3 Å². The Bertz CT molecular complexity index is 499. The van der Waals surface area contributed by atoms with Crippen LogP contribution in [0.4, 0.5) is 5.95 Å². The molecule has 0 aromatic carbocycles. The molecule has 0 radical (unpaired) electrons. The van der Waals surface area contributed by atoms with Gasteiger partial charge < -0.3 is 4.90 Å². The molecule has 4 nitrogen and oxygen atoms in total. The van der Waals surface area contributed by atoms with Crippen molar-refractivity contribution in [3.05, 3.63) is 23.5 Å². The summed E-state index contributed by atoms with van der Waals surface area (Å²) in [4.78, 5) is 15.5. The maximum atomic E-state index is 4.43. The molecule has 0 saturated carbocycles. The first-order valence-electron chi connectivity index (χ1n) is 5.82. The van der Waals surface area contributed by atoms with Crippen LogP contribution in [0, 0.1) is 6.92 Å². The first-order valence-corrected chi connectivity index (χ1v) is 6.70. The molecule has 2 aromatic rings. The Morgan fingerprint density at radius 3 is 2.47 bits per heavy atom. The van der Waals surface area contributed by atoms with Gasteiger partial charge >= 0.3 is 0 Å². The minimum atomic E-state index is 0.847. The van der Waals surface area contributed by atoms with Gasteiger partial charge in [0.05, 0.1) is 0 Å². The van der Waals surface area contributed by atoms with E-state index in [1.165, 1.54) is 12.8 Å². The van der Waals surface area contributed by atoms with Gasteiger partial charge in [-0.3, -0.25) is 0 Å². The second kappa shape index (κ2) is 4.41. The molecule has 0 atom stereocenters. The van der Waals surface area contributed by atoms with Gasteiger partial charge in [0.25, 0.3) is 0 Å². The lowest BCUT2D eigenvalue weighted by molar-refractivity contribution is 0.899. The van der Waals surface area contributed by atoms with Crippen molar-refractivity contribution in [1.29, 1.82) is 0 Å².